The molecule has 0 radical (unpaired) electrons. The Morgan fingerprint density at radius 1 is 1.38 bits per heavy atom. The first-order chi connectivity index (χ1) is 10.1. The molecule has 2 aliphatic heterocycles. The Hall–Kier alpha value is -2.08. The largest absolute Gasteiger partial charge is 0.478 e. The fourth-order valence-corrected chi connectivity index (χ4v) is 2.69. The van der Waals surface area contributed by atoms with Crippen molar-refractivity contribution in [3.63, 3.8) is 0 Å². The number of anilines is 1. The molecule has 2 N–H and O–H groups in total. The summed E-state index contributed by atoms with van der Waals surface area (Å²) in [5.41, 5.74) is 1.07. The second-order valence-electron chi connectivity index (χ2n) is 5.48. The monoisotopic (exact) mass is 289 g/mol. The van der Waals surface area contributed by atoms with E-state index in [0.29, 0.717) is 23.5 Å². The van der Waals surface area contributed by atoms with Crippen molar-refractivity contribution < 1.29 is 14.3 Å². The Morgan fingerprint density at radius 3 is 2.95 bits per heavy atom. The number of piperazine rings is 1. The zero-order valence-electron chi connectivity index (χ0n) is 12.2. The van der Waals surface area contributed by atoms with Crippen LogP contribution >= 0.6 is 0 Å². The second kappa shape index (κ2) is 5.37. The van der Waals surface area contributed by atoms with Crippen LogP contribution in [0, 0.1) is 0 Å². The molecule has 112 valence electrons. The molecule has 1 aromatic rings. The Labute approximate surface area is 123 Å². The highest BCUT2D eigenvalue weighted by Crippen LogP contribution is 2.34. The van der Waals surface area contributed by atoms with Crippen molar-refractivity contribution in [2.45, 2.75) is 26.0 Å². The van der Waals surface area contributed by atoms with Gasteiger partial charge in [-0.2, -0.15) is 0 Å². The molecule has 1 aromatic carbocycles. The van der Waals surface area contributed by atoms with E-state index in [1.807, 2.05) is 11.8 Å². The number of hydrogen-bond acceptors (Lipinski definition) is 4. The average molecular weight is 289 g/mol. The Morgan fingerprint density at radius 2 is 2.19 bits per heavy atom. The van der Waals surface area contributed by atoms with Gasteiger partial charge in [-0.1, -0.05) is 6.07 Å². The lowest BCUT2D eigenvalue weighted by Gasteiger charge is -2.35. The van der Waals surface area contributed by atoms with Crippen molar-refractivity contribution in [3.05, 3.63) is 23.8 Å². The van der Waals surface area contributed by atoms with E-state index in [9.17, 15) is 9.59 Å². The molecular formula is C15H19N3O3. The van der Waals surface area contributed by atoms with Gasteiger partial charge in [-0.15, -0.1) is 0 Å². The van der Waals surface area contributed by atoms with Crippen molar-refractivity contribution in [3.8, 4) is 5.75 Å². The molecule has 2 aliphatic rings. The maximum absolute atomic E-state index is 12.8. The van der Waals surface area contributed by atoms with E-state index < -0.39 is 6.10 Å². The molecule has 0 bridgehead atoms. The smallest absolute Gasteiger partial charge is 0.265 e. The number of nitrogens with zero attached hydrogens (tertiary/aromatic N) is 1. The average Bonchev–Trinajstić information content (AvgIpc) is 2.48. The number of fused-ring (bicyclic) bond motifs is 1. The topological polar surface area (TPSA) is 70.7 Å². The van der Waals surface area contributed by atoms with E-state index >= 15 is 0 Å². The van der Waals surface area contributed by atoms with Crippen LogP contribution in [0.1, 0.15) is 24.2 Å². The summed E-state index contributed by atoms with van der Waals surface area (Å²) in [6, 6.07) is 5.40. The number of ether oxygens (including phenoxy) is 1. The van der Waals surface area contributed by atoms with Gasteiger partial charge in [-0.05, 0) is 26.0 Å². The molecule has 0 aliphatic carbocycles. The molecule has 6 heteroatoms. The van der Waals surface area contributed by atoms with Crippen LogP contribution in [0.2, 0.25) is 0 Å². The lowest BCUT2D eigenvalue weighted by molar-refractivity contribution is -0.122. The SMILES string of the molecule is C[C@@H]1Oc2c(cccc2C(=O)N2CCNC[C@@H]2C)NC1=O. The highest BCUT2D eigenvalue weighted by Gasteiger charge is 2.31. The maximum Gasteiger partial charge on any atom is 0.265 e. The van der Waals surface area contributed by atoms with E-state index in [2.05, 4.69) is 10.6 Å². The number of carbonyl (C=O) groups is 2. The predicted octanol–water partition coefficient (Wildman–Crippen LogP) is 0.840. The van der Waals surface area contributed by atoms with Crippen molar-refractivity contribution in [1.82, 2.24) is 10.2 Å². The molecule has 0 spiro atoms. The second-order valence-corrected chi connectivity index (χ2v) is 5.48. The third-order valence-corrected chi connectivity index (χ3v) is 3.93. The molecule has 0 unspecified atom stereocenters. The molecule has 2 amide bonds. The summed E-state index contributed by atoms with van der Waals surface area (Å²) < 4.78 is 5.65. The van der Waals surface area contributed by atoms with Gasteiger partial charge < -0.3 is 20.3 Å². The summed E-state index contributed by atoms with van der Waals surface area (Å²) in [6.45, 7) is 5.94. The molecule has 0 saturated carbocycles. The van der Waals surface area contributed by atoms with E-state index in [1.54, 1.807) is 25.1 Å². The maximum atomic E-state index is 12.8. The minimum atomic E-state index is -0.591. The molecular weight excluding hydrogens is 270 g/mol. The Balaban J connectivity index is 1.94. The quantitative estimate of drug-likeness (QED) is 0.804. The zero-order chi connectivity index (χ0) is 15.0. The lowest BCUT2D eigenvalue weighted by Crippen LogP contribution is -2.52. The third-order valence-electron chi connectivity index (χ3n) is 3.93. The molecule has 6 nitrogen and oxygen atoms in total. The molecule has 3 rings (SSSR count). The first-order valence-corrected chi connectivity index (χ1v) is 7.20. The van der Waals surface area contributed by atoms with Gasteiger partial charge in [-0.25, -0.2) is 0 Å². The van der Waals surface area contributed by atoms with E-state index in [4.69, 9.17) is 4.74 Å². The van der Waals surface area contributed by atoms with Crippen LogP contribution in [-0.2, 0) is 4.79 Å². The highest BCUT2D eigenvalue weighted by molar-refractivity contribution is 6.04. The van der Waals surface area contributed by atoms with Crippen LogP contribution in [0.25, 0.3) is 0 Å². The summed E-state index contributed by atoms with van der Waals surface area (Å²) >= 11 is 0. The van der Waals surface area contributed by atoms with Gasteiger partial charge >= 0.3 is 0 Å². The number of carbonyl (C=O) groups excluding carboxylic acids is 2. The summed E-state index contributed by atoms with van der Waals surface area (Å²) in [5.74, 6) is 0.229. The number of amides is 2. The van der Waals surface area contributed by atoms with Gasteiger partial charge in [0.05, 0.1) is 11.3 Å². The minimum absolute atomic E-state index is 0.0517. The number of nitrogens with one attached hydrogen (secondary N) is 2. The summed E-state index contributed by atoms with van der Waals surface area (Å²) in [7, 11) is 0. The summed E-state index contributed by atoms with van der Waals surface area (Å²) in [6.07, 6.45) is -0.591. The number of para-hydroxylation sites is 1. The fraction of sp³-hybridized carbons (Fsp3) is 0.467. The van der Waals surface area contributed by atoms with Crippen molar-refractivity contribution in [2.75, 3.05) is 25.0 Å². The number of benzene rings is 1. The van der Waals surface area contributed by atoms with Crippen LogP contribution in [0.15, 0.2) is 18.2 Å². The molecule has 1 fully saturated rings. The number of hydrogen-bond donors (Lipinski definition) is 2. The van der Waals surface area contributed by atoms with Crippen LogP contribution in [-0.4, -0.2) is 48.5 Å². The lowest BCUT2D eigenvalue weighted by atomic mass is 10.1. The minimum Gasteiger partial charge on any atom is -0.478 e. The molecule has 21 heavy (non-hydrogen) atoms. The van der Waals surface area contributed by atoms with Crippen molar-refractivity contribution in [1.29, 1.82) is 0 Å². The van der Waals surface area contributed by atoms with Gasteiger partial charge in [0.15, 0.2) is 11.9 Å². The Kier molecular flexibility index (Phi) is 3.55. The van der Waals surface area contributed by atoms with Crippen molar-refractivity contribution >= 4 is 17.5 Å². The normalized spacial score (nSPS) is 24.9. The van der Waals surface area contributed by atoms with Crippen LogP contribution in [0.4, 0.5) is 5.69 Å². The van der Waals surface area contributed by atoms with E-state index in [-0.39, 0.29) is 17.9 Å². The molecule has 1 saturated heterocycles. The number of rotatable bonds is 1. The summed E-state index contributed by atoms with van der Waals surface area (Å²) in [4.78, 5) is 26.3. The fourth-order valence-electron chi connectivity index (χ4n) is 2.69. The van der Waals surface area contributed by atoms with Crippen LogP contribution in [0.3, 0.4) is 0 Å². The van der Waals surface area contributed by atoms with Gasteiger partial charge in [0.25, 0.3) is 11.8 Å². The first kappa shape index (κ1) is 13.9. The summed E-state index contributed by atoms with van der Waals surface area (Å²) in [5, 5.41) is 6.04. The zero-order valence-corrected chi connectivity index (χ0v) is 12.2. The van der Waals surface area contributed by atoms with Gasteiger partial charge in [0.2, 0.25) is 0 Å². The van der Waals surface area contributed by atoms with E-state index in [1.165, 1.54) is 0 Å². The molecule has 2 atom stereocenters. The molecule has 0 aromatic heterocycles. The molecule has 2 heterocycles. The standard InChI is InChI=1S/C15H19N3O3/c1-9-8-16-6-7-18(9)15(20)11-4-3-5-12-13(11)21-10(2)14(19)17-12/h3-5,9-10,16H,6-8H2,1-2H3,(H,17,19)/t9-,10-/m0/s1. The predicted molar refractivity (Wildman–Crippen MR) is 78.5 cm³/mol. The highest BCUT2D eigenvalue weighted by atomic mass is 16.5. The third kappa shape index (κ3) is 2.47. The van der Waals surface area contributed by atoms with Gasteiger partial charge in [0.1, 0.15) is 0 Å². The van der Waals surface area contributed by atoms with Crippen LogP contribution < -0.4 is 15.4 Å². The van der Waals surface area contributed by atoms with Gasteiger partial charge in [0, 0.05) is 25.7 Å². The first-order valence-electron chi connectivity index (χ1n) is 7.20. The van der Waals surface area contributed by atoms with Crippen LogP contribution in [0.5, 0.6) is 5.75 Å². The van der Waals surface area contributed by atoms with Crippen molar-refractivity contribution in [2.24, 2.45) is 0 Å². The van der Waals surface area contributed by atoms with Gasteiger partial charge in [-0.3, -0.25) is 9.59 Å². The van der Waals surface area contributed by atoms with E-state index in [0.717, 1.165) is 13.1 Å². The Bertz CT molecular complexity index is 588.